The first-order chi connectivity index (χ1) is 10.5. The maximum Gasteiger partial charge on any atom is 0.226 e. The van der Waals surface area contributed by atoms with Crippen LogP contribution in [-0.2, 0) is 16.0 Å². The van der Waals surface area contributed by atoms with Gasteiger partial charge in [-0.25, -0.2) is 4.39 Å². The third kappa shape index (κ3) is 2.65. The number of rotatable bonds is 2. The molecule has 1 aromatic carbocycles. The highest BCUT2D eigenvalue weighted by Crippen LogP contribution is 2.34. The van der Waals surface area contributed by atoms with Crippen LogP contribution in [0.1, 0.15) is 24.8 Å². The summed E-state index contributed by atoms with van der Waals surface area (Å²) in [5.74, 6) is 0.0779. The molecule has 2 aliphatic rings. The molecular formula is C17H21FN2O2. The van der Waals surface area contributed by atoms with Crippen molar-refractivity contribution in [1.82, 2.24) is 9.80 Å². The Labute approximate surface area is 129 Å². The molecule has 2 fully saturated rings. The first-order valence-electron chi connectivity index (χ1n) is 7.78. The molecule has 0 N–H and O–H groups in total. The van der Waals surface area contributed by atoms with Gasteiger partial charge in [0.15, 0.2) is 5.78 Å². The van der Waals surface area contributed by atoms with Gasteiger partial charge in [0.05, 0.1) is 12.0 Å². The van der Waals surface area contributed by atoms with Crippen LogP contribution in [0.25, 0.3) is 0 Å². The van der Waals surface area contributed by atoms with Crippen molar-refractivity contribution in [3.63, 3.8) is 0 Å². The van der Waals surface area contributed by atoms with Gasteiger partial charge < -0.3 is 4.90 Å². The van der Waals surface area contributed by atoms with Gasteiger partial charge in [0.1, 0.15) is 5.82 Å². The van der Waals surface area contributed by atoms with Gasteiger partial charge in [0.2, 0.25) is 5.91 Å². The highest BCUT2D eigenvalue weighted by molar-refractivity contribution is 5.91. The lowest BCUT2D eigenvalue weighted by Gasteiger charge is -2.42. The second-order valence-electron chi connectivity index (χ2n) is 6.31. The van der Waals surface area contributed by atoms with E-state index in [1.165, 1.54) is 12.1 Å². The number of ketones is 1. The monoisotopic (exact) mass is 304 g/mol. The summed E-state index contributed by atoms with van der Waals surface area (Å²) >= 11 is 0. The summed E-state index contributed by atoms with van der Waals surface area (Å²) in [6.07, 6.45) is 2.35. The van der Waals surface area contributed by atoms with Crippen LogP contribution in [0.15, 0.2) is 24.3 Å². The van der Waals surface area contributed by atoms with Gasteiger partial charge in [-0.05, 0) is 37.6 Å². The average Bonchev–Trinajstić information content (AvgIpc) is 2.79. The third-order valence-corrected chi connectivity index (χ3v) is 5.14. The Morgan fingerprint density at radius 3 is 2.36 bits per heavy atom. The molecule has 2 saturated heterocycles. The minimum Gasteiger partial charge on any atom is -0.342 e. The second-order valence-corrected chi connectivity index (χ2v) is 6.31. The van der Waals surface area contributed by atoms with E-state index >= 15 is 0 Å². The Hall–Kier alpha value is -1.75. The lowest BCUT2D eigenvalue weighted by atomic mass is 9.84. The fourth-order valence-electron chi connectivity index (χ4n) is 3.60. The molecule has 1 spiro atoms. The summed E-state index contributed by atoms with van der Waals surface area (Å²) in [7, 11) is 2.00. The summed E-state index contributed by atoms with van der Waals surface area (Å²) in [6, 6.07) is 6.04. The van der Waals surface area contributed by atoms with Crippen molar-refractivity contribution in [2.45, 2.75) is 31.2 Å². The zero-order valence-electron chi connectivity index (χ0n) is 12.8. The SMILES string of the molecule is CN1CCC(=O)C12CCN(C(=O)Cc1ccc(F)cc1)CC2. The number of hydrogen-bond acceptors (Lipinski definition) is 3. The summed E-state index contributed by atoms with van der Waals surface area (Å²) in [5, 5.41) is 0. The molecule has 5 heteroatoms. The molecule has 2 aliphatic heterocycles. The van der Waals surface area contributed by atoms with Crippen LogP contribution in [0.5, 0.6) is 0 Å². The molecule has 3 rings (SSSR count). The van der Waals surface area contributed by atoms with Crippen molar-refractivity contribution in [2.75, 3.05) is 26.7 Å². The van der Waals surface area contributed by atoms with Gasteiger partial charge >= 0.3 is 0 Å². The number of likely N-dealkylation sites (N-methyl/N-ethyl adjacent to an activating group) is 1. The molecular weight excluding hydrogens is 283 g/mol. The maximum absolute atomic E-state index is 12.9. The lowest BCUT2D eigenvalue weighted by Crippen LogP contribution is -2.55. The van der Waals surface area contributed by atoms with Gasteiger partial charge in [-0.1, -0.05) is 12.1 Å². The number of hydrogen-bond donors (Lipinski definition) is 0. The Bertz CT molecular complexity index is 577. The molecule has 0 atom stereocenters. The van der Waals surface area contributed by atoms with Crippen LogP contribution in [-0.4, -0.2) is 53.7 Å². The van der Waals surface area contributed by atoms with E-state index in [-0.39, 0.29) is 23.7 Å². The smallest absolute Gasteiger partial charge is 0.226 e. The van der Waals surface area contributed by atoms with E-state index in [1.54, 1.807) is 12.1 Å². The van der Waals surface area contributed by atoms with Crippen LogP contribution in [0.2, 0.25) is 0 Å². The lowest BCUT2D eigenvalue weighted by molar-refractivity contribution is -0.136. The number of amides is 1. The fraction of sp³-hybridized carbons (Fsp3) is 0.529. The predicted molar refractivity (Wildman–Crippen MR) is 80.9 cm³/mol. The van der Waals surface area contributed by atoms with Crippen LogP contribution in [0.4, 0.5) is 4.39 Å². The molecule has 0 aromatic heterocycles. The van der Waals surface area contributed by atoms with Crippen molar-refractivity contribution in [1.29, 1.82) is 0 Å². The van der Waals surface area contributed by atoms with E-state index in [0.29, 0.717) is 25.3 Å². The molecule has 0 unspecified atom stereocenters. The molecule has 1 aromatic rings. The minimum atomic E-state index is -0.341. The first-order valence-corrected chi connectivity index (χ1v) is 7.78. The fourth-order valence-corrected chi connectivity index (χ4v) is 3.60. The van der Waals surface area contributed by atoms with Crippen LogP contribution in [0.3, 0.4) is 0 Å². The van der Waals surface area contributed by atoms with E-state index in [1.807, 2.05) is 11.9 Å². The van der Waals surface area contributed by atoms with E-state index in [4.69, 9.17) is 0 Å². The van der Waals surface area contributed by atoms with Crippen LogP contribution < -0.4 is 0 Å². The molecule has 1 amide bonds. The van der Waals surface area contributed by atoms with Gasteiger partial charge in [0, 0.05) is 26.1 Å². The molecule has 2 heterocycles. The van der Waals surface area contributed by atoms with E-state index in [9.17, 15) is 14.0 Å². The van der Waals surface area contributed by atoms with E-state index in [0.717, 1.165) is 24.9 Å². The van der Waals surface area contributed by atoms with E-state index in [2.05, 4.69) is 4.90 Å². The summed E-state index contributed by atoms with van der Waals surface area (Å²) in [6.45, 7) is 2.06. The topological polar surface area (TPSA) is 40.6 Å². The second kappa shape index (κ2) is 5.80. The molecule has 4 nitrogen and oxygen atoms in total. The Balaban J connectivity index is 1.60. The Morgan fingerprint density at radius 1 is 1.18 bits per heavy atom. The van der Waals surface area contributed by atoms with Crippen molar-refractivity contribution in [2.24, 2.45) is 0 Å². The number of nitrogens with zero attached hydrogens (tertiary/aromatic N) is 2. The van der Waals surface area contributed by atoms with Crippen LogP contribution in [0, 0.1) is 5.82 Å². The summed E-state index contributed by atoms with van der Waals surface area (Å²) in [4.78, 5) is 28.5. The Morgan fingerprint density at radius 2 is 1.82 bits per heavy atom. The number of piperidine rings is 1. The minimum absolute atomic E-state index is 0.0505. The zero-order chi connectivity index (χ0) is 15.7. The predicted octanol–water partition coefficient (Wildman–Crippen LogP) is 1.63. The summed E-state index contributed by atoms with van der Waals surface area (Å²) < 4.78 is 12.9. The standard InChI is InChI=1S/C17H21FN2O2/c1-19-9-6-15(21)17(19)7-10-20(11-8-17)16(22)12-13-2-4-14(18)5-3-13/h2-5H,6-12H2,1H3. The molecule has 0 bridgehead atoms. The average molecular weight is 304 g/mol. The Kier molecular flexibility index (Phi) is 4.00. The normalized spacial score (nSPS) is 21.5. The quantitative estimate of drug-likeness (QED) is 0.834. The molecule has 0 saturated carbocycles. The van der Waals surface area contributed by atoms with E-state index < -0.39 is 0 Å². The zero-order valence-corrected chi connectivity index (χ0v) is 12.8. The van der Waals surface area contributed by atoms with Gasteiger partial charge in [-0.15, -0.1) is 0 Å². The molecule has 0 aliphatic carbocycles. The van der Waals surface area contributed by atoms with Gasteiger partial charge in [0.25, 0.3) is 0 Å². The van der Waals surface area contributed by atoms with Crippen molar-refractivity contribution < 1.29 is 14.0 Å². The first kappa shape index (κ1) is 15.2. The number of Topliss-reactive ketones (excluding diaryl/α,β-unsaturated/α-hetero) is 1. The van der Waals surface area contributed by atoms with Crippen LogP contribution >= 0.6 is 0 Å². The highest BCUT2D eigenvalue weighted by Gasteiger charge is 2.48. The highest BCUT2D eigenvalue weighted by atomic mass is 19.1. The molecule has 118 valence electrons. The van der Waals surface area contributed by atoms with Crippen molar-refractivity contribution in [3.8, 4) is 0 Å². The van der Waals surface area contributed by atoms with Gasteiger partial charge in [-0.3, -0.25) is 14.5 Å². The molecule has 22 heavy (non-hydrogen) atoms. The number of carbonyl (C=O) groups is 2. The number of likely N-dealkylation sites (tertiary alicyclic amines) is 2. The number of halogens is 1. The number of carbonyl (C=O) groups excluding carboxylic acids is 2. The summed E-state index contributed by atoms with van der Waals surface area (Å²) in [5.41, 5.74) is 0.480. The van der Waals surface area contributed by atoms with Crippen molar-refractivity contribution in [3.05, 3.63) is 35.6 Å². The maximum atomic E-state index is 12.9. The number of benzene rings is 1. The molecule has 0 radical (unpaired) electrons. The largest absolute Gasteiger partial charge is 0.342 e. The van der Waals surface area contributed by atoms with Gasteiger partial charge in [-0.2, -0.15) is 0 Å². The van der Waals surface area contributed by atoms with Crippen molar-refractivity contribution >= 4 is 11.7 Å². The third-order valence-electron chi connectivity index (χ3n) is 5.14.